The Morgan fingerprint density at radius 1 is 1.37 bits per heavy atom. The number of halogens is 1. The van der Waals surface area contributed by atoms with Crippen LogP contribution >= 0.6 is 11.6 Å². The van der Waals surface area contributed by atoms with Gasteiger partial charge in [0.05, 0.1) is 5.69 Å². The Morgan fingerprint density at radius 2 is 2.16 bits per heavy atom. The van der Waals surface area contributed by atoms with Gasteiger partial charge in [0, 0.05) is 17.6 Å². The van der Waals surface area contributed by atoms with Gasteiger partial charge in [-0.25, -0.2) is 0 Å². The van der Waals surface area contributed by atoms with E-state index < -0.39 is 0 Å². The second-order valence-corrected chi connectivity index (χ2v) is 6.60. The fourth-order valence-electron chi connectivity index (χ4n) is 3.51. The molecule has 108 valence electrons. The van der Waals surface area contributed by atoms with Gasteiger partial charge in [-0.15, -0.1) is 11.6 Å². The van der Waals surface area contributed by atoms with Crippen LogP contribution in [-0.2, 0) is 13.0 Å². The summed E-state index contributed by atoms with van der Waals surface area (Å²) in [6.45, 7) is 7.49. The van der Waals surface area contributed by atoms with Crippen molar-refractivity contribution in [2.24, 2.45) is 11.8 Å². The molecular formula is C16H27ClN2. The van der Waals surface area contributed by atoms with E-state index in [1.165, 1.54) is 37.8 Å². The molecule has 1 aliphatic carbocycles. The van der Waals surface area contributed by atoms with Crippen LogP contribution in [0.25, 0.3) is 0 Å². The summed E-state index contributed by atoms with van der Waals surface area (Å²) in [5.74, 6) is 1.53. The topological polar surface area (TPSA) is 17.8 Å². The summed E-state index contributed by atoms with van der Waals surface area (Å²) in [6, 6.07) is 2.23. The van der Waals surface area contributed by atoms with E-state index in [1.54, 1.807) is 0 Å². The summed E-state index contributed by atoms with van der Waals surface area (Å²) in [4.78, 5) is 0. The van der Waals surface area contributed by atoms with Crippen molar-refractivity contribution in [3.8, 4) is 0 Å². The van der Waals surface area contributed by atoms with Crippen LogP contribution in [0.4, 0.5) is 0 Å². The third kappa shape index (κ3) is 3.75. The van der Waals surface area contributed by atoms with E-state index >= 15 is 0 Å². The molecule has 1 saturated carbocycles. The molecule has 1 heterocycles. The Balaban J connectivity index is 2.03. The maximum atomic E-state index is 6.57. The second kappa shape index (κ2) is 6.78. The highest BCUT2D eigenvalue weighted by Gasteiger charge is 2.29. The van der Waals surface area contributed by atoms with E-state index in [9.17, 15) is 0 Å². The van der Waals surface area contributed by atoms with E-state index in [0.29, 0.717) is 11.3 Å². The molecule has 2 rings (SSSR count). The molecule has 3 unspecified atom stereocenters. The summed E-state index contributed by atoms with van der Waals surface area (Å²) < 4.78 is 2.14. The first-order valence-electron chi connectivity index (χ1n) is 7.81. The van der Waals surface area contributed by atoms with Crippen LogP contribution in [0.2, 0.25) is 0 Å². The molecule has 19 heavy (non-hydrogen) atoms. The maximum absolute atomic E-state index is 6.57. The molecule has 1 fully saturated rings. The standard InChI is InChI=1S/C16H27ClN2/c1-4-6-13-7-8-16(17)14(10-13)11-15-9-12(3)18-19(15)5-2/h9,13-14,16H,4-8,10-11H2,1-3H3. The molecule has 0 N–H and O–H groups in total. The molecule has 1 aromatic heterocycles. The molecule has 1 aromatic rings. The van der Waals surface area contributed by atoms with Gasteiger partial charge in [0.15, 0.2) is 0 Å². The Labute approximate surface area is 122 Å². The molecule has 0 aromatic carbocycles. The Kier molecular flexibility index (Phi) is 5.32. The van der Waals surface area contributed by atoms with Gasteiger partial charge in [-0.2, -0.15) is 5.10 Å². The van der Waals surface area contributed by atoms with E-state index in [4.69, 9.17) is 11.6 Å². The normalized spacial score (nSPS) is 27.7. The van der Waals surface area contributed by atoms with Crippen molar-refractivity contribution >= 4 is 11.6 Å². The molecule has 3 heteroatoms. The van der Waals surface area contributed by atoms with Gasteiger partial charge in [-0.3, -0.25) is 4.68 Å². The number of aromatic nitrogens is 2. The third-order valence-corrected chi connectivity index (χ3v) is 5.03. The van der Waals surface area contributed by atoms with Gasteiger partial charge in [0.1, 0.15) is 0 Å². The summed E-state index contributed by atoms with van der Waals surface area (Å²) in [5.41, 5.74) is 2.50. The summed E-state index contributed by atoms with van der Waals surface area (Å²) in [7, 11) is 0. The summed E-state index contributed by atoms with van der Waals surface area (Å²) >= 11 is 6.57. The minimum atomic E-state index is 0.355. The lowest BCUT2D eigenvalue weighted by atomic mass is 9.77. The smallest absolute Gasteiger partial charge is 0.0596 e. The van der Waals surface area contributed by atoms with Gasteiger partial charge in [0.2, 0.25) is 0 Å². The highest BCUT2D eigenvalue weighted by molar-refractivity contribution is 6.20. The van der Waals surface area contributed by atoms with E-state index in [1.807, 2.05) is 0 Å². The molecule has 2 nitrogen and oxygen atoms in total. The number of nitrogens with zero attached hydrogens (tertiary/aromatic N) is 2. The van der Waals surface area contributed by atoms with Gasteiger partial charge >= 0.3 is 0 Å². The van der Waals surface area contributed by atoms with Crippen LogP contribution < -0.4 is 0 Å². The lowest BCUT2D eigenvalue weighted by Gasteiger charge is -2.33. The van der Waals surface area contributed by atoms with Gasteiger partial charge in [-0.05, 0) is 57.4 Å². The van der Waals surface area contributed by atoms with Crippen LogP contribution in [-0.4, -0.2) is 15.2 Å². The SMILES string of the molecule is CCCC1CCC(Cl)C(Cc2cc(C)nn2CC)C1. The monoisotopic (exact) mass is 282 g/mol. The molecule has 1 aliphatic rings. The molecule has 0 bridgehead atoms. The minimum absolute atomic E-state index is 0.355. The van der Waals surface area contributed by atoms with Gasteiger partial charge in [-0.1, -0.05) is 19.8 Å². The van der Waals surface area contributed by atoms with E-state index in [0.717, 1.165) is 24.6 Å². The van der Waals surface area contributed by atoms with Crippen molar-refractivity contribution < 1.29 is 0 Å². The number of alkyl halides is 1. The Hall–Kier alpha value is -0.500. The predicted molar refractivity (Wildman–Crippen MR) is 81.7 cm³/mol. The van der Waals surface area contributed by atoms with Gasteiger partial charge < -0.3 is 0 Å². The van der Waals surface area contributed by atoms with E-state index in [-0.39, 0.29) is 0 Å². The van der Waals surface area contributed by atoms with Crippen molar-refractivity contribution in [1.29, 1.82) is 0 Å². The third-order valence-electron chi connectivity index (χ3n) is 4.45. The zero-order valence-electron chi connectivity index (χ0n) is 12.5. The van der Waals surface area contributed by atoms with Crippen LogP contribution in [0, 0.1) is 18.8 Å². The molecule has 0 saturated heterocycles. The first kappa shape index (κ1) is 14.9. The van der Waals surface area contributed by atoms with Gasteiger partial charge in [0.25, 0.3) is 0 Å². The highest BCUT2D eigenvalue weighted by Crippen LogP contribution is 2.36. The number of hydrogen-bond donors (Lipinski definition) is 0. The van der Waals surface area contributed by atoms with Crippen LogP contribution in [0.3, 0.4) is 0 Å². The molecular weight excluding hydrogens is 256 g/mol. The molecule has 0 amide bonds. The van der Waals surface area contributed by atoms with Crippen LogP contribution in [0.5, 0.6) is 0 Å². The molecule has 0 spiro atoms. The van der Waals surface area contributed by atoms with Crippen LogP contribution in [0.15, 0.2) is 6.07 Å². The van der Waals surface area contributed by atoms with Crippen molar-refractivity contribution in [2.45, 2.75) is 71.2 Å². The average Bonchev–Trinajstić information content (AvgIpc) is 2.74. The lowest BCUT2D eigenvalue weighted by Crippen LogP contribution is -2.28. The number of rotatable bonds is 5. The number of hydrogen-bond acceptors (Lipinski definition) is 1. The summed E-state index contributed by atoms with van der Waals surface area (Å²) in [6.07, 6.45) is 7.59. The zero-order chi connectivity index (χ0) is 13.8. The second-order valence-electron chi connectivity index (χ2n) is 6.04. The zero-order valence-corrected chi connectivity index (χ0v) is 13.3. The molecule has 0 radical (unpaired) electrons. The molecule has 3 atom stereocenters. The molecule has 0 aliphatic heterocycles. The quantitative estimate of drug-likeness (QED) is 0.723. The average molecular weight is 283 g/mol. The Bertz CT molecular complexity index is 399. The largest absolute Gasteiger partial charge is 0.270 e. The number of aryl methyl sites for hydroxylation is 2. The lowest BCUT2D eigenvalue weighted by molar-refractivity contribution is 0.254. The van der Waals surface area contributed by atoms with Crippen molar-refractivity contribution in [3.05, 3.63) is 17.5 Å². The van der Waals surface area contributed by atoms with Crippen LogP contribution in [0.1, 0.15) is 57.3 Å². The van der Waals surface area contributed by atoms with Crippen molar-refractivity contribution in [2.75, 3.05) is 0 Å². The fourth-order valence-corrected chi connectivity index (χ4v) is 3.83. The minimum Gasteiger partial charge on any atom is -0.270 e. The van der Waals surface area contributed by atoms with E-state index in [2.05, 4.69) is 36.6 Å². The summed E-state index contributed by atoms with van der Waals surface area (Å²) in [5, 5.41) is 4.90. The van der Waals surface area contributed by atoms with Crippen molar-refractivity contribution in [1.82, 2.24) is 9.78 Å². The highest BCUT2D eigenvalue weighted by atomic mass is 35.5. The first-order valence-corrected chi connectivity index (χ1v) is 8.25. The fraction of sp³-hybridized carbons (Fsp3) is 0.812. The Morgan fingerprint density at radius 3 is 2.84 bits per heavy atom. The predicted octanol–water partition coefficient (Wildman–Crippen LogP) is 4.58. The first-order chi connectivity index (χ1) is 9.13. The van der Waals surface area contributed by atoms with Crippen molar-refractivity contribution in [3.63, 3.8) is 0 Å². The maximum Gasteiger partial charge on any atom is 0.0596 e.